The van der Waals surface area contributed by atoms with Gasteiger partial charge in [0.15, 0.2) is 6.29 Å². The van der Waals surface area contributed by atoms with E-state index in [9.17, 15) is 0 Å². The summed E-state index contributed by atoms with van der Waals surface area (Å²) in [4.78, 5) is 0. The minimum atomic E-state index is -0.509. The lowest BCUT2D eigenvalue weighted by Gasteiger charge is -2.04. The lowest BCUT2D eigenvalue weighted by atomic mass is 10.1. The van der Waals surface area contributed by atoms with Crippen molar-refractivity contribution < 1.29 is 24.8 Å². The van der Waals surface area contributed by atoms with Crippen molar-refractivity contribution in [2.45, 2.75) is 52.5 Å². The molecule has 5 heteroatoms. The van der Waals surface area contributed by atoms with Crippen LogP contribution in [0.15, 0.2) is 91.0 Å². The van der Waals surface area contributed by atoms with Gasteiger partial charge in [0, 0.05) is 13.0 Å². The van der Waals surface area contributed by atoms with Crippen molar-refractivity contribution in [2.24, 2.45) is 5.92 Å². The average Bonchev–Trinajstić information content (AvgIpc) is 3.16. The first-order chi connectivity index (χ1) is 16.0. The SMILES string of the molecule is COCc1ccccc1.C[C@@H]1C[C@H](C)C(O)O1.OCc1ccccc1.OCc1ccccc1. The topological polar surface area (TPSA) is 79.2 Å². The normalized spacial score (nSPS) is 18.5. The van der Waals surface area contributed by atoms with Crippen LogP contribution in [0, 0.1) is 5.92 Å². The summed E-state index contributed by atoms with van der Waals surface area (Å²) >= 11 is 0. The Bertz CT molecular complexity index is 762. The first-order valence-electron chi connectivity index (χ1n) is 11.2. The van der Waals surface area contributed by atoms with Crippen molar-refractivity contribution in [1.82, 2.24) is 0 Å². The molecule has 0 aliphatic carbocycles. The van der Waals surface area contributed by atoms with Gasteiger partial charge in [0.25, 0.3) is 0 Å². The van der Waals surface area contributed by atoms with E-state index < -0.39 is 6.29 Å². The Balaban J connectivity index is 0.000000220. The third-order valence-corrected chi connectivity index (χ3v) is 4.77. The number of benzene rings is 3. The third kappa shape index (κ3) is 13.6. The minimum absolute atomic E-state index is 0.140. The number of methoxy groups -OCH3 is 1. The summed E-state index contributed by atoms with van der Waals surface area (Å²) in [6.45, 7) is 4.96. The Morgan fingerprint density at radius 3 is 1.33 bits per heavy atom. The molecule has 1 aliphatic heterocycles. The van der Waals surface area contributed by atoms with Gasteiger partial charge in [-0.05, 0) is 30.0 Å². The molecule has 0 amide bonds. The van der Waals surface area contributed by atoms with Gasteiger partial charge in [0.2, 0.25) is 0 Å². The highest BCUT2D eigenvalue weighted by molar-refractivity contribution is 5.14. The van der Waals surface area contributed by atoms with Crippen LogP contribution in [0.5, 0.6) is 0 Å². The fourth-order valence-corrected chi connectivity index (χ4v) is 2.98. The van der Waals surface area contributed by atoms with E-state index in [0.29, 0.717) is 12.5 Å². The fraction of sp³-hybridized carbons (Fsp3) is 0.357. The van der Waals surface area contributed by atoms with E-state index in [0.717, 1.165) is 17.5 Å². The summed E-state index contributed by atoms with van der Waals surface area (Å²) in [7, 11) is 1.70. The summed E-state index contributed by atoms with van der Waals surface area (Å²) < 4.78 is 9.96. The molecule has 0 spiro atoms. The lowest BCUT2D eigenvalue weighted by molar-refractivity contribution is -0.101. The van der Waals surface area contributed by atoms with E-state index in [1.54, 1.807) is 7.11 Å². The van der Waals surface area contributed by atoms with Crippen molar-refractivity contribution in [1.29, 1.82) is 0 Å². The number of hydrogen-bond donors (Lipinski definition) is 3. The van der Waals surface area contributed by atoms with Gasteiger partial charge in [-0.2, -0.15) is 0 Å². The van der Waals surface area contributed by atoms with E-state index in [4.69, 9.17) is 24.8 Å². The number of aliphatic hydroxyl groups is 3. The number of ether oxygens (including phenoxy) is 2. The Kier molecular flexibility index (Phi) is 15.5. The largest absolute Gasteiger partial charge is 0.392 e. The van der Waals surface area contributed by atoms with Crippen molar-refractivity contribution in [3.8, 4) is 0 Å². The zero-order chi connectivity index (χ0) is 24.3. The second-order valence-corrected chi connectivity index (χ2v) is 7.76. The van der Waals surface area contributed by atoms with E-state index >= 15 is 0 Å². The van der Waals surface area contributed by atoms with Gasteiger partial charge in [-0.15, -0.1) is 0 Å². The Morgan fingerprint density at radius 1 is 0.727 bits per heavy atom. The van der Waals surface area contributed by atoms with E-state index in [2.05, 4.69) is 0 Å². The molecule has 3 N–H and O–H groups in total. The molecular formula is C28H38O5. The van der Waals surface area contributed by atoms with Crippen LogP contribution >= 0.6 is 0 Å². The number of rotatable bonds is 4. The maximum absolute atomic E-state index is 8.95. The summed E-state index contributed by atoms with van der Waals surface area (Å²) in [5, 5.41) is 26.0. The molecule has 5 nitrogen and oxygen atoms in total. The molecule has 3 aromatic rings. The van der Waals surface area contributed by atoms with Gasteiger partial charge in [-0.25, -0.2) is 0 Å². The molecule has 1 fully saturated rings. The Labute approximate surface area is 198 Å². The number of aliphatic hydroxyl groups excluding tert-OH is 3. The lowest BCUT2D eigenvalue weighted by Crippen LogP contribution is -2.11. The Hall–Kier alpha value is -2.54. The van der Waals surface area contributed by atoms with E-state index in [1.807, 2.05) is 105 Å². The highest BCUT2D eigenvalue weighted by atomic mass is 16.6. The van der Waals surface area contributed by atoms with Crippen LogP contribution in [0.4, 0.5) is 0 Å². The first kappa shape index (κ1) is 28.5. The second-order valence-electron chi connectivity index (χ2n) is 7.76. The highest BCUT2D eigenvalue weighted by Gasteiger charge is 2.26. The monoisotopic (exact) mass is 454 g/mol. The minimum Gasteiger partial charge on any atom is -0.392 e. The van der Waals surface area contributed by atoms with Crippen LogP contribution in [0.3, 0.4) is 0 Å². The van der Waals surface area contributed by atoms with Crippen LogP contribution in [0.1, 0.15) is 37.0 Å². The van der Waals surface area contributed by atoms with Crippen LogP contribution in [0.25, 0.3) is 0 Å². The summed E-state index contributed by atoms with van der Waals surface area (Å²) in [6, 6.07) is 29.2. The van der Waals surface area contributed by atoms with Gasteiger partial charge in [0.05, 0.1) is 25.9 Å². The van der Waals surface area contributed by atoms with Gasteiger partial charge < -0.3 is 24.8 Å². The predicted octanol–water partition coefficient (Wildman–Crippen LogP) is 4.94. The molecule has 0 radical (unpaired) electrons. The predicted molar refractivity (Wildman–Crippen MR) is 132 cm³/mol. The van der Waals surface area contributed by atoms with Crippen LogP contribution in [-0.4, -0.2) is 34.8 Å². The molecule has 1 aliphatic rings. The fourth-order valence-electron chi connectivity index (χ4n) is 2.98. The van der Waals surface area contributed by atoms with Gasteiger partial charge >= 0.3 is 0 Å². The quantitative estimate of drug-likeness (QED) is 0.520. The van der Waals surface area contributed by atoms with Gasteiger partial charge in [-0.3, -0.25) is 0 Å². The van der Waals surface area contributed by atoms with E-state index in [-0.39, 0.29) is 19.3 Å². The van der Waals surface area contributed by atoms with Crippen LogP contribution in [0.2, 0.25) is 0 Å². The molecule has 33 heavy (non-hydrogen) atoms. The van der Waals surface area contributed by atoms with Crippen molar-refractivity contribution in [3.63, 3.8) is 0 Å². The van der Waals surface area contributed by atoms with Crippen LogP contribution in [-0.2, 0) is 29.3 Å². The molecule has 0 saturated carbocycles. The molecule has 1 unspecified atom stereocenters. The number of hydrogen-bond acceptors (Lipinski definition) is 5. The third-order valence-electron chi connectivity index (χ3n) is 4.77. The molecule has 4 rings (SSSR count). The van der Waals surface area contributed by atoms with Gasteiger partial charge in [-0.1, -0.05) is 97.9 Å². The van der Waals surface area contributed by atoms with Crippen molar-refractivity contribution in [2.75, 3.05) is 7.11 Å². The van der Waals surface area contributed by atoms with Crippen molar-refractivity contribution in [3.05, 3.63) is 108 Å². The highest BCUT2D eigenvalue weighted by Crippen LogP contribution is 2.23. The van der Waals surface area contributed by atoms with Crippen molar-refractivity contribution >= 4 is 0 Å². The zero-order valence-corrected chi connectivity index (χ0v) is 19.9. The summed E-state index contributed by atoms with van der Waals surface area (Å²) in [5.41, 5.74) is 3.15. The molecule has 0 aromatic heterocycles. The summed E-state index contributed by atoms with van der Waals surface area (Å²) in [5.74, 6) is 0.324. The Morgan fingerprint density at radius 2 is 1.12 bits per heavy atom. The zero-order valence-electron chi connectivity index (χ0n) is 19.9. The van der Waals surface area contributed by atoms with Gasteiger partial charge in [0.1, 0.15) is 0 Å². The molecule has 1 saturated heterocycles. The van der Waals surface area contributed by atoms with Crippen LogP contribution < -0.4 is 0 Å². The average molecular weight is 455 g/mol. The molecule has 0 bridgehead atoms. The molecule has 3 aromatic carbocycles. The standard InChI is InChI=1S/C8H10O.2C7H8O.C6H12O2/c1-9-7-8-5-3-2-4-6-8;2*8-6-7-4-2-1-3-5-7;1-4-3-5(2)8-6(4)7/h2-6H,7H2,1H3;2*1-5,8H,6H2;4-7H,3H2,1-2H3/t;;;4-,5+,6?/m...0/s1. The molecule has 1 heterocycles. The van der Waals surface area contributed by atoms with E-state index in [1.165, 1.54) is 5.56 Å². The maximum Gasteiger partial charge on any atom is 0.157 e. The smallest absolute Gasteiger partial charge is 0.157 e. The second kappa shape index (κ2) is 18.0. The summed E-state index contributed by atoms with van der Waals surface area (Å²) in [6.07, 6.45) is 0.728. The molecule has 3 atom stereocenters. The maximum atomic E-state index is 8.95. The molecular weight excluding hydrogens is 416 g/mol. The first-order valence-corrected chi connectivity index (χ1v) is 11.2. The molecule has 180 valence electrons.